The molecule has 5 heteroatoms. The normalized spacial score (nSPS) is 22.9. The molecule has 2 heterocycles. The molecular formula is C14H15N3O2. The summed E-state index contributed by atoms with van der Waals surface area (Å²) in [6, 6.07) is 7.87. The van der Waals surface area contributed by atoms with Crippen LogP contribution in [0.4, 0.5) is 0 Å². The molecule has 1 aliphatic carbocycles. The first-order chi connectivity index (χ1) is 9.33. The number of nitrogens with two attached hydrogens (primary N) is 1. The molecule has 1 aromatic carbocycles. The van der Waals surface area contributed by atoms with Crippen LogP contribution in [-0.2, 0) is 0 Å². The molecule has 1 aromatic heterocycles. The van der Waals surface area contributed by atoms with Crippen molar-refractivity contribution in [3.63, 3.8) is 0 Å². The van der Waals surface area contributed by atoms with Crippen molar-refractivity contribution in [2.75, 3.05) is 6.61 Å². The molecule has 0 saturated heterocycles. The van der Waals surface area contributed by atoms with Crippen molar-refractivity contribution < 1.29 is 9.26 Å². The minimum atomic E-state index is -0.0879. The van der Waals surface area contributed by atoms with Crippen LogP contribution in [-0.4, -0.2) is 16.7 Å². The highest BCUT2D eigenvalue weighted by atomic mass is 16.5. The van der Waals surface area contributed by atoms with E-state index in [-0.39, 0.29) is 12.0 Å². The fraction of sp³-hybridized carbons (Fsp3) is 0.429. The molecule has 0 bridgehead atoms. The van der Waals surface area contributed by atoms with Crippen LogP contribution < -0.4 is 10.5 Å². The average molecular weight is 257 g/mol. The van der Waals surface area contributed by atoms with Crippen LogP contribution in [0.5, 0.6) is 5.75 Å². The van der Waals surface area contributed by atoms with Crippen molar-refractivity contribution in [1.82, 2.24) is 10.1 Å². The Morgan fingerprint density at radius 2 is 2.11 bits per heavy atom. The number of fused-ring (bicyclic) bond motifs is 1. The molecule has 19 heavy (non-hydrogen) atoms. The molecular weight excluding hydrogens is 242 g/mol. The van der Waals surface area contributed by atoms with E-state index >= 15 is 0 Å². The zero-order chi connectivity index (χ0) is 12.8. The molecule has 0 spiro atoms. The van der Waals surface area contributed by atoms with Crippen molar-refractivity contribution in [2.24, 2.45) is 11.7 Å². The summed E-state index contributed by atoms with van der Waals surface area (Å²) in [5.41, 5.74) is 7.20. The summed E-state index contributed by atoms with van der Waals surface area (Å²) in [6.45, 7) is 0.555. The molecule has 2 aromatic rings. The Labute approximate surface area is 110 Å². The predicted octanol–water partition coefficient (Wildman–Crippen LogP) is 2.00. The first-order valence-electron chi connectivity index (χ1n) is 6.64. The number of para-hydroxylation sites is 1. The molecule has 5 nitrogen and oxygen atoms in total. The van der Waals surface area contributed by atoms with Gasteiger partial charge >= 0.3 is 0 Å². The molecule has 2 unspecified atom stereocenters. The number of aromatic nitrogens is 2. The van der Waals surface area contributed by atoms with E-state index in [1.165, 1.54) is 12.8 Å². The number of benzene rings is 1. The summed E-state index contributed by atoms with van der Waals surface area (Å²) < 4.78 is 11.0. The van der Waals surface area contributed by atoms with E-state index in [0.717, 1.165) is 11.3 Å². The maximum Gasteiger partial charge on any atom is 0.237 e. The Hall–Kier alpha value is -1.88. The minimum absolute atomic E-state index is 0.0313. The molecule has 1 aliphatic heterocycles. The second kappa shape index (κ2) is 4.06. The van der Waals surface area contributed by atoms with Crippen molar-refractivity contribution >= 4 is 0 Å². The van der Waals surface area contributed by atoms with E-state index in [2.05, 4.69) is 10.1 Å². The van der Waals surface area contributed by atoms with Gasteiger partial charge in [0, 0.05) is 5.56 Å². The fourth-order valence-corrected chi connectivity index (χ4v) is 2.56. The van der Waals surface area contributed by atoms with Gasteiger partial charge in [0.05, 0.1) is 6.04 Å². The summed E-state index contributed by atoms with van der Waals surface area (Å²) in [7, 11) is 0. The Kier molecular flexibility index (Phi) is 2.35. The molecule has 0 radical (unpaired) electrons. The van der Waals surface area contributed by atoms with Crippen LogP contribution >= 0.6 is 0 Å². The molecule has 0 amide bonds. The molecule has 2 N–H and O–H groups in total. The lowest BCUT2D eigenvalue weighted by Gasteiger charge is -2.03. The fourth-order valence-electron chi connectivity index (χ4n) is 2.56. The summed E-state index contributed by atoms with van der Waals surface area (Å²) in [5.74, 6) is 2.69. The lowest BCUT2D eigenvalue weighted by molar-refractivity contribution is 0.303. The van der Waals surface area contributed by atoms with E-state index in [4.69, 9.17) is 15.0 Å². The lowest BCUT2D eigenvalue weighted by Crippen LogP contribution is -2.14. The second-order valence-electron chi connectivity index (χ2n) is 5.26. The van der Waals surface area contributed by atoms with Gasteiger partial charge in [0.1, 0.15) is 18.3 Å². The van der Waals surface area contributed by atoms with Crippen LogP contribution in [0.2, 0.25) is 0 Å². The number of hydrogen-bond acceptors (Lipinski definition) is 5. The Morgan fingerprint density at radius 3 is 2.95 bits per heavy atom. The van der Waals surface area contributed by atoms with Gasteiger partial charge in [-0.2, -0.15) is 4.98 Å². The number of nitrogens with zero attached hydrogens (tertiary/aromatic N) is 2. The third kappa shape index (κ3) is 1.81. The standard InChI is InChI=1S/C14H15N3O2/c15-12(8-5-6-8)13-16-14(19-17-13)10-7-18-11-4-2-1-3-9(10)11/h1-4,8,10,12H,5-7,15H2. The Morgan fingerprint density at radius 1 is 1.26 bits per heavy atom. The summed E-state index contributed by atoms with van der Waals surface area (Å²) in [6.07, 6.45) is 2.33. The summed E-state index contributed by atoms with van der Waals surface area (Å²) >= 11 is 0. The van der Waals surface area contributed by atoms with Crippen molar-refractivity contribution in [1.29, 1.82) is 0 Å². The highest BCUT2D eigenvalue weighted by Crippen LogP contribution is 2.40. The van der Waals surface area contributed by atoms with E-state index in [0.29, 0.717) is 24.2 Å². The maximum absolute atomic E-state index is 6.09. The predicted molar refractivity (Wildman–Crippen MR) is 67.7 cm³/mol. The van der Waals surface area contributed by atoms with Gasteiger partial charge in [-0.15, -0.1) is 0 Å². The van der Waals surface area contributed by atoms with Gasteiger partial charge in [-0.05, 0) is 24.8 Å². The van der Waals surface area contributed by atoms with Gasteiger partial charge in [0.2, 0.25) is 5.89 Å². The maximum atomic E-state index is 6.09. The third-order valence-electron chi connectivity index (χ3n) is 3.88. The van der Waals surface area contributed by atoms with Gasteiger partial charge in [0.25, 0.3) is 0 Å². The lowest BCUT2D eigenvalue weighted by atomic mass is 10.0. The van der Waals surface area contributed by atoms with Crippen molar-refractivity contribution in [3.05, 3.63) is 41.5 Å². The minimum Gasteiger partial charge on any atom is -0.492 e. The number of ether oxygens (including phenoxy) is 1. The van der Waals surface area contributed by atoms with E-state index in [9.17, 15) is 0 Å². The van der Waals surface area contributed by atoms with Crippen molar-refractivity contribution in [2.45, 2.75) is 24.8 Å². The Bertz CT molecular complexity index is 606. The van der Waals surface area contributed by atoms with Crippen molar-refractivity contribution in [3.8, 4) is 5.75 Å². The molecule has 2 aliphatic rings. The van der Waals surface area contributed by atoms with Gasteiger partial charge < -0.3 is 15.0 Å². The molecule has 4 rings (SSSR count). The van der Waals surface area contributed by atoms with Gasteiger partial charge in [-0.1, -0.05) is 23.4 Å². The number of hydrogen-bond donors (Lipinski definition) is 1. The quantitative estimate of drug-likeness (QED) is 0.910. The molecule has 2 atom stereocenters. The zero-order valence-corrected chi connectivity index (χ0v) is 10.5. The average Bonchev–Trinajstić information content (AvgIpc) is 3.01. The molecule has 1 fully saturated rings. The second-order valence-corrected chi connectivity index (χ2v) is 5.26. The Balaban J connectivity index is 1.63. The largest absolute Gasteiger partial charge is 0.492 e. The molecule has 98 valence electrons. The van der Waals surface area contributed by atoms with E-state index in [1.54, 1.807) is 0 Å². The van der Waals surface area contributed by atoms with E-state index < -0.39 is 0 Å². The third-order valence-corrected chi connectivity index (χ3v) is 3.88. The smallest absolute Gasteiger partial charge is 0.237 e. The van der Waals surface area contributed by atoms with Gasteiger partial charge in [0.15, 0.2) is 5.82 Å². The first-order valence-corrected chi connectivity index (χ1v) is 6.64. The number of rotatable bonds is 3. The van der Waals surface area contributed by atoms with Crippen LogP contribution in [0.3, 0.4) is 0 Å². The van der Waals surface area contributed by atoms with Crippen LogP contribution in [0.1, 0.15) is 42.1 Å². The molecule has 1 saturated carbocycles. The first kappa shape index (κ1) is 11.0. The van der Waals surface area contributed by atoms with Crippen LogP contribution in [0.15, 0.2) is 28.8 Å². The zero-order valence-electron chi connectivity index (χ0n) is 10.5. The van der Waals surface area contributed by atoms with Crippen LogP contribution in [0, 0.1) is 5.92 Å². The highest BCUT2D eigenvalue weighted by molar-refractivity contribution is 5.42. The SMILES string of the molecule is NC(c1noc(C2COc3ccccc32)n1)C1CC1. The summed E-state index contributed by atoms with van der Waals surface area (Å²) in [5, 5.41) is 4.03. The van der Waals surface area contributed by atoms with Crippen LogP contribution in [0.25, 0.3) is 0 Å². The van der Waals surface area contributed by atoms with E-state index in [1.807, 2.05) is 24.3 Å². The topological polar surface area (TPSA) is 74.2 Å². The summed E-state index contributed by atoms with van der Waals surface area (Å²) in [4.78, 5) is 4.47. The monoisotopic (exact) mass is 257 g/mol. The van der Waals surface area contributed by atoms with Gasteiger partial charge in [-0.25, -0.2) is 0 Å². The van der Waals surface area contributed by atoms with Gasteiger partial charge in [-0.3, -0.25) is 0 Å². The highest BCUT2D eigenvalue weighted by Gasteiger charge is 2.35.